The van der Waals surface area contributed by atoms with Crippen LogP contribution in [0.15, 0.2) is 29.2 Å². The summed E-state index contributed by atoms with van der Waals surface area (Å²) >= 11 is 1.61. The van der Waals surface area contributed by atoms with Gasteiger partial charge in [0, 0.05) is 24.1 Å². The molecule has 1 heterocycles. The number of para-hydroxylation sites is 1. The first-order valence-corrected chi connectivity index (χ1v) is 6.42. The molecule has 0 saturated heterocycles. The third kappa shape index (κ3) is 2.79. The third-order valence-electron chi connectivity index (χ3n) is 2.67. The van der Waals surface area contributed by atoms with Crippen LogP contribution in [0.3, 0.4) is 0 Å². The Morgan fingerprint density at radius 2 is 2.29 bits per heavy atom. The van der Waals surface area contributed by atoms with Gasteiger partial charge in [0.05, 0.1) is 11.6 Å². The highest BCUT2D eigenvalue weighted by atomic mass is 32.2. The van der Waals surface area contributed by atoms with Crippen molar-refractivity contribution in [2.75, 3.05) is 18.1 Å². The van der Waals surface area contributed by atoms with E-state index in [2.05, 4.69) is 10.6 Å². The second-order valence-electron chi connectivity index (χ2n) is 3.87. The summed E-state index contributed by atoms with van der Waals surface area (Å²) in [6.45, 7) is 0. The maximum atomic E-state index is 11.9. The van der Waals surface area contributed by atoms with E-state index in [4.69, 9.17) is 0 Å². The fraction of sp³-hybridized carbons (Fsp3) is 0.333. The Labute approximate surface area is 104 Å². The molecule has 1 aliphatic rings. The monoisotopic (exact) mass is 250 g/mol. The summed E-state index contributed by atoms with van der Waals surface area (Å²) in [6.07, 6.45) is 0.239. The molecule has 0 radical (unpaired) electrons. The highest BCUT2D eigenvalue weighted by molar-refractivity contribution is 7.99. The number of rotatable bonds is 2. The lowest BCUT2D eigenvalue weighted by Crippen LogP contribution is -2.29. The molecule has 90 valence electrons. The molecule has 1 atom stereocenters. The van der Waals surface area contributed by atoms with Gasteiger partial charge in [-0.3, -0.25) is 9.59 Å². The van der Waals surface area contributed by atoms with E-state index >= 15 is 0 Å². The summed E-state index contributed by atoms with van der Waals surface area (Å²) in [7, 11) is 1.58. The number of anilines is 1. The van der Waals surface area contributed by atoms with Crippen molar-refractivity contribution in [3.8, 4) is 0 Å². The summed E-state index contributed by atoms with van der Waals surface area (Å²) in [5, 5.41) is 5.41. The van der Waals surface area contributed by atoms with Crippen LogP contribution in [0.4, 0.5) is 5.69 Å². The van der Waals surface area contributed by atoms with E-state index in [1.165, 1.54) is 0 Å². The highest BCUT2D eigenvalue weighted by Crippen LogP contribution is 2.32. The third-order valence-corrected chi connectivity index (χ3v) is 3.90. The van der Waals surface area contributed by atoms with E-state index in [0.29, 0.717) is 5.75 Å². The zero-order chi connectivity index (χ0) is 12.3. The van der Waals surface area contributed by atoms with E-state index in [-0.39, 0.29) is 24.2 Å². The molecule has 0 aliphatic carbocycles. The Morgan fingerprint density at radius 1 is 1.53 bits per heavy atom. The SMILES string of the molecule is CNC(=O)CC1CSc2ccccc2NC1=O. The fourth-order valence-corrected chi connectivity index (χ4v) is 2.77. The molecular formula is C12H14N2O2S. The van der Waals surface area contributed by atoms with Crippen LogP contribution < -0.4 is 10.6 Å². The lowest BCUT2D eigenvalue weighted by molar-refractivity contribution is -0.126. The topological polar surface area (TPSA) is 58.2 Å². The van der Waals surface area contributed by atoms with Gasteiger partial charge in [-0.15, -0.1) is 11.8 Å². The zero-order valence-electron chi connectivity index (χ0n) is 9.53. The Bertz CT molecular complexity index is 448. The minimum atomic E-state index is -0.271. The van der Waals surface area contributed by atoms with Crippen molar-refractivity contribution < 1.29 is 9.59 Å². The summed E-state index contributed by atoms with van der Waals surface area (Å²) in [4.78, 5) is 24.3. The molecule has 1 aliphatic heterocycles. The molecule has 0 saturated carbocycles. The number of thioether (sulfide) groups is 1. The molecule has 1 aromatic carbocycles. The molecule has 2 amide bonds. The maximum absolute atomic E-state index is 11.9. The molecule has 0 spiro atoms. The summed E-state index contributed by atoms with van der Waals surface area (Å²) in [5.74, 6) is 0.186. The average molecular weight is 250 g/mol. The summed E-state index contributed by atoms with van der Waals surface area (Å²) in [6, 6.07) is 7.68. The van der Waals surface area contributed by atoms with Gasteiger partial charge < -0.3 is 10.6 Å². The quantitative estimate of drug-likeness (QED) is 0.836. The standard InChI is InChI=1S/C12H14N2O2S/c1-13-11(15)6-8-7-17-10-5-3-2-4-9(10)14-12(8)16/h2-5,8H,6-7H2,1H3,(H,13,15)(H,14,16). The second-order valence-corrected chi connectivity index (χ2v) is 4.93. The van der Waals surface area contributed by atoms with Crippen molar-refractivity contribution in [3.63, 3.8) is 0 Å². The van der Waals surface area contributed by atoms with E-state index in [1.54, 1.807) is 18.8 Å². The van der Waals surface area contributed by atoms with Crippen LogP contribution in [-0.2, 0) is 9.59 Å². The van der Waals surface area contributed by atoms with Gasteiger partial charge in [-0.1, -0.05) is 12.1 Å². The number of amides is 2. The second kappa shape index (κ2) is 5.23. The van der Waals surface area contributed by atoms with Gasteiger partial charge in [-0.25, -0.2) is 0 Å². The molecule has 4 nitrogen and oxygen atoms in total. The van der Waals surface area contributed by atoms with Gasteiger partial charge in [0.25, 0.3) is 0 Å². The zero-order valence-corrected chi connectivity index (χ0v) is 10.3. The molecule has 2 rings (SSSR count). The van der Waals surface area contributed by atoms with Crippen LogP contribution in [0.5, 0.6) is 0 Å². The van der Waals surface area contributed by atoms with Crippen LogP contribution in [-0.4, -0.2) is 24.6 Å². The normalized spacial score (nSPS) is 18.9. The average Bonchev–Trinajstić information content (AvgIpc) is 2.49. The van der Waals surface area contributed by atoms with Crippen LogP contribution in [0.1, 0.15) is 6.42 Å². The molecular weight excluding hydrogens is 236 g/mol. The minimum Gasteiger partial charge on any atom is -0.359 e. The first kappa shape index (κ1) is 12.0. The first-order valence-electron chi connectivity index (χ1n) is 5.44. The van der Waals surface area contributed by atoms with Crippen molar-refractivity contribution in [2.45, 2.75) is 11.3 Å². The molecule has 0 fully saturated rings. The van der Waals surface area contributed by atoms with Crippen LogP contribution in [0.25, 0.3) is 0 Å². The predicted octanol–water partition coefficient (Wildman–Crippen LogP) is 1.48. The molecule has 2 N–H and O–H groups in total. The van der Waals surface area contributed by atoms with Gasteiger partial charge in [-0.05, 0) is 12.1 Å². The number of hydrogen-bond acceptors (Lipinski definition) is 3. The van der Waals surface area contributed by atoms with Crippen molar-refractivity contribution in [3.05, 3.63) is 24.3 Å². The predicted molar refractivity (Wildman–Crippen MR) is 68.0 cm³/mol. The van der Waals surface area contributed by atoms with Gasteiger partial charge in [0.15, 0.2) is 0 Å². The lowest BCUT2D eigenvalue weighted by atomic mass is 10.1. The van der Waals surface area contributed by atoms with Crippen LogP contribution in [0, 0.1) is 5.92 Å². The number of carbonyl (C=O) groups is 2. The van der Waals surface area contributed by atoms with Crippen LogP contribution in [0.2, 0.25) is 0 Å². The van der Waals surface area contributed by atoms with Crippen molar-refractivity contribution >= 4 is 29.3 Å². The lowest BCUT2D eigenvalue weighted by Gasteiger charge is -2.11. The largest absolute Gasteiger partial charge is 0.359 e. The molecule has 17 heavy (non-hydrogen) atoms. The Morgan fingerprint density at radius 3 is 3.06 bits per heavy atom. The number of hydrogen-bond donors (Lipinski definition) is 2. The number of carbonyl (C=O) groups excluding carboxylic acids is 2. The number of benzene rings is 1. The fourth-order valence-electron chi connectivity index (χ4n) is 1.67. The summed E-state index contributed by atoms with van der Waals surface area (Å²) < 4.78 is 0. The highest BCUT2D eigenvalue weighted by Gasteiger charge is 2.25. The van der Waals surface area contributed by atoms with Gasteiger partial charge >= 0.3 is 0 Å². The molecule has 0 aromatic heterocycles. The van der Waals surface area contributed by atoms with Gasteiger partial charge in [0.2, 0.25) is 11.8 Å². The molecule has 5 heteroatoms. The summed E-state index contributed by atoms with van der Waals surface area (Å²) in [5.41, 5.74) is 0.835. The first-order chi connectivity index (χ1) is 8.20. The van der Waals surface area contributed by atoms with Gasteiger partial charge in [0.1, 0.15) is 0 Å². The Balaban J connectivity index is 2.12. The Kier molecular flexibility index (Phi) is 3.68. The van der Waals surface area contributed by atoms with E-state index in [9.17, 15) is 9.59 Å². The van der Waals surface area contributed by atoms with Gasteiger partial charge in [-0.2, -0.15) is 0 Å². The van der Waals surface area contributed by atoms with E-state index < -0.39 is 0 Å². The van der Waals surface area contributed by atoms with E-state index in [0.717, 1.165) is 10.6 Å². The minimum absolute atomic E-state index is 0.0777. The molecule has 1 aromatic rings. The molecule has 0 bridgehead atoms. The molecule has 1 unspecified atom stereocenters. The smallest absolute Gasteiger partial charge is 0.228 e. The van der Waals surface area contributed by atoms with Crippen molar-refractivity contribution in [1.82, 2.24) is 5.32 Å². The number of fused-ring (bicyclic) bond motifs is 1. The maximum Gasteiger partial charge on any atom is 0.228 e. The Hall–Kier alpha value is -1.49. The van der Waals surface area contributed by atoms with Crippen molar-refractivity contribution in [1.29, 1.82) is 0 Å². The van der Waals surface area contributed by atoms with Crippen molar-refractivity contribution in [2.24, 2.45) is 5.92 Å². The number of nitrogens with one attached hydrogen (secondary N) is 2. The van der Waals surface area contributed by atoms with Crippen LogP contribution >= 0.6 is 11.8 Å². The van der Waals surface area contributed by atoms with E-state index in [1.807, 2.05) is 24.3 Å².